The second kappa shape index (κ2) is 10.5. The van der Waals surface area contributed by atoms with Gasteiger partial charge in [-0.2, -0.15) is 0 Å². The molecule has 0 amide bonds. The van der Waals surface area contributed by atoms with E-state index in [9.17, 15) is 0 Å². The van der Waals surface area contributed by atoms with E-state index < -0.39 is 0 Å². The third kappa shape index (κ3) is 5.09. The molecule has 0 atom stereocenters. The number of hydrogen-bond acceptors (Lipinski definition) is 2. The van der Waals surface area contributed by atoms with E-state index in [2.05, 4.69) is 29.0 Å². The Morgan fingerprint density at radius 2 is 1.56 bits per heavy atom. The van der Waals surface area contributed by atoms with Crippen LogP contribution in [0.3, 0.4) is 0 Å². The van der Waals surface area contributed by atoms with Gasteiger partial charge >= 0.3 is 0 Å². The molecule has 0 aromatic carbocycles. The quantitative estimate of drug-likeness (QED) is 0.761. The van der Waals surface area contributed by atoms with Crippen LogP contribution in [-0.4, -0.2) is 9.97 Å². The van der Waals surface area contributed by atoms with Gasteiger partial charge in [0.1, 0.15) is 0 Å². The molecule has 2 heteroatoms. The van der Waals surface area contributed by atoms with Crippen LogP contribution in [0.2, 0.25) is 0 Å². The minimum Gasteiger partial charge on any atom is -0.264 e. The Hall–Kier alpha value is -1.70. The van der Waals surface area contributed by atoms with Gasteiger partial charge in [0, 0.05) is 35.4 Å². The maximum Gasteiger partial charge on any atom is 0.0401 e. The van der Waals surface area contributed by atoms with Crippen molar-refractivity contribution in [3.05, 3.63) is 48.5 Å². The van der Waals surface area contributed by atoms with Crippen LogP contribution in [0.4, 0.5) is 0 Å². The minimum absolute atomic E-state index is 0.979. The molecule has 2 heterocycles. The first-order valence-corrected chi connectivity index (χ1v) is 6.75. The van der Waals surface area contributed by atoms with E-state index in [0.717, 1.165) is 23.2 Å². The summed E-state index contributed by atoms with van der Waals surface area (Å²) in [7, 11) is 0. The molecule has 98 valence electrons. The average Bonchev–Trinajstić information content (AvgIpc) is 2.52. The highest BCUT2D eigenvalue weighted by Gasteiger charge is 1.97. The number of nitrogens with zero attached hydrogens (tertiary/aromatic N) is 2. The Labute approximate surface area is 111 Å². The van der Waals surface area contributed by atoms with Crippen LogP contribution in [0.5, 0.6) is 0 Å². The zero-order chi connectivity index (χ0) is 13.8. The number of pyridine rings is 2. The van der Waals surface area contributed by atoms with Crippen molar-refractivity contribution in [3.8, 4) is 11.1 Å². The first kappa shape index (κ1) is 16.3. The summed E-state index contributed by atoms with van der Waals surface area (Å²) in [6, 6.07) is 8.11. The Kier molecular flexibility index (Phi) is 9.47. The lowest BCUT2D eigenvalue weighted by molar-refractivity contribution is 1.04. The minimum atomic E-state index is 0.979. The maximum absolute atomic E-state index is 4.35. The second-order valence-electron chi connectivity index (χ2n) is 3.13. The van der Waals surface area contributed by atoms with Gasteiger partial charge in [-0.25, -0.2) is 0 Å². The number of aryl methyl sites for hydroxylation is 1. The Morgan fingerprint density at radius 3 is 2.00 bits per heavy atom. The fraction of sp³-hybridized carbons (Fsp3) is 0.375. The molecule has 0 unspecified atom stereocenters. The lowest BCUT2D eigenvalue weighted by Gasteiger charge is -2.00. The third-order valence-electron chi connectivity index (χ3n) is 2.18. The Morgan fingerprint density at radius 1 is 0.889 bits per heavy atom. The van der Waals surface area contributed by atoms with Gasteiger partial charge in [-0.05, 0) is 18.6 Å². The molecule has 0 N–H and O–H groups in total. The zero-order valence-electron chi connectivity index (χ0n) is 12.1. The second-order valence-corrected chi connectivity index (χ2v) is 3.13. The van der Waals surface area contributed by atoms with Crippen molar-refractivity contribution in [1.29, 1.82) is 0 Å². The third-order valence-corrected chi connectivity index (χ3v) is 2.18. The van der Waals surface area contributed by atoms with Gasteiger partial charge in [0.15, 0.2) is 0 Å². The molecule has 0 fully saturated rings. The largest absolute Gasteiger partial charge is 0.264 e. The molecule has 0 bridgehead atoms. The van der Waals surface area contributed by atoms with Crippen molar-refractivity contribution in [2.75, 3.05) is 0 Å². The van der Waals surface area contributed by atoms with Gasteiger partial charge in [-0.1, -0.05) is 46.8 Å². The van der Waals surface area contributed by atoms with Crippen LogP contribution < -0.4 is 0 Å². The first-order valence-electron chi connectivity index (χ1n) is 6.75. The van der Waals surface area contributed by atoms with E-state index >= 15 is 0 Å². The SMILES string of the molecule is CC.CC.CCc1ccc(-c2cccnc2)cn1. The predicted octanol–water partition coefficient (Wildman–Crippen LogP) is 4.76. The average molecular weight is 244 g/mol. The van der Waals surface area contributed by atoms with Crippen molar-refractivity contribution < 1.29 is 0 Å². The highest BCUT2D eigenvalue weighted by molar-refractivity contribution is 5.60. The van der Waals surface area contributed by atoms with Crippen molar-refractivity contribution >= 4 is 0 Å². The highest BCUT2D eigenvalue weighted by atomic mass is 14.7. The Balaban J connectivity index is 0.000000659. The molecule has 0 saturated carbocycles. The van der Waals surface area contributed by atoms with Crippen LogP contribution in [0.25, 0.3) is 11.1 Å². The van der Waals surface area contributed by atoms with Gasteiger partial charge in [-0.3, -0.25) is 9.97 Å². The van der Waals surface area contributed by atoms with Crippen LogP contribution >= 0.6 is 0 Å². The summed E-state index contributed by atoms with van der Waals surface area (Å²) in [6.07, 6.45) is 6.50. The summed E-state index contributed by atoms with van der Waals surface area (Å²) >= 11 is 0. The van der Waals surface area contributed by atoms with Crippen molar-refractivity contribution in [2.45, 2.75) is 41.0 Å². The van der Waals surface area contributed by atoms with E-state index in [1.54, 1.807) is 6.20 Å². The summed E-state index contributed by atoms with van der Waals surface area (Å²) in [5.41, 5.74) is 3.36. The Bertz CT molecular complexity index is 393. The van der Waals surface area contributed by atoms with Gasteiger partial charge in [0.05, 0.1) is 0 Å². The molecule has 0 aliphatic rings. The number of aromatic nitrogens is 2. The number of rotatable bonds is 2. The molecule has 2 rings (SSSR count). The highest BCUT2D eigenvalue weighted by Crippen LogP contribution is 2.16. The molecule has 0 aliphatic heterocycles. The van der Waals surface area contributed by atoms with Gasteiger partial charge in [-0.15, -0.1) is 0 Å². The van der Waals surface area contributed by atoms with E-state index in [-0.39, 0.29) is 0 Å². The molecular weight excluding hydrogens is 220 g/mol. The van der Waals surface area contributed by atoms with Crippen LogP contribution in [0.1, 0.15) is 40.3 Å². The van der Waals surface area contributed by atoms with E-state index in [1.165, 1.54) is 0 Å². The number of hydrogen-bond donors (Lipinski definition) is 0. The van der Waals surface area contributed by atoms with Gasteiger partial charge < -0.3 is 0 Å². The van der Waals surface area contributed by atoms with E-state index in [0.29, 0.717) is 0 Å². The molecule has 2 aromatic rings. The summed E-state index contributed by atoms with van der Waals surface area (Å²) in [5, 5.41) is 0. The maximum atomic E-state index is 4.35. The fourth-order valence-corrected chi connectivity index (χ4v) is 1.34. The summed E-state index contributed by atoms with van der Waals surface area (Å²) < 4.78 is 0. The molecule has 0 saturated heterocycles. The predicted molar refractivity (Wildman–Crippen MR) is 79.5 cm³/mol. The van der Waals surface area contributed by atoms with E-state index in [4.69, 9.17) is 0 Å². The lowest BCUT2D eigenvalue weighted by Crippen LogP contribution is -1.86. The van der Waals surface area contributed by atoms with Crippen molar-refractivity contribution in [2.24, 2.45) is 0 Å². The topological polar surface area (TPSA) is 25.8 Å². The molecule has 2 nitrogen and oxygen atoms in total. The van der Waals surface area contributed by atoms with E-state index in [1.807, 2.05) is 52.2 Å². The van der Waals surface area contributed by atoms with Crippen LogP contribution in [-0.2, 0) is 6.42 Å². The normalized spacial score (nSPS) is 8.50. The molecule has 0 radical (unpaired) electrons. The molecule has 0 aliphatic carbocycles. The fourth-order valence-electron chi connectivity index (χ4n) is 1.34. The molecule has 0 spiro atoms. The monoisotopic (exact) mass is 244 g/mol. The molecule has 2 aromatic heterocycles. The lowest BCUT2D eigenvalue weighted by atomic mass is 10.1. The summed E-state index contributed by atoms with van der Waals surface area (Å²) in [4.78, 5) is 8.42. The van der Waals surface area contributed by atoms with Crippen molar-refractivity contribution in [3.63, 3.8) is 0 Å². The van der Waals surface area contributed by atoms with Crippen LogP contribution in [0.15, 0.2) is 42.9 Å². The standard InChI is InChI=1S/C12H12N2.2C2H6/c1-2-12-6-5-11(9-14-12)10-4-3-7-13-8-10;2*1-2/h3-9H,2H2,1H3;2*1-2H3. The smallest absolute Gasteiger partial charge is 0.0401 e. The van der Waals surface area contributed by atoms with Crippen molar-refractivity contribution in [1.82, 2.24) is 9.97 Å². The van der Waals surface area contributed by atoms with Gasteiger partial charge in [0.25, 0.3) is 0 Å². The van der Waals surface area contributed by atoms with Gasteiger partial charge in [0.2, 0.25) is 0 Å². The van der Waals surface area contributed by atoms with Crippen LogP contribution in [0, 0.1) is 0 Å². The summed E-state index contributed by atoms with van der Waals surface area (Å²) in [5.74, 6) is 0. The summed E-state index contributed by atoms with van der Waals surface area (Å²) in [6.45, 7) is 10.1. The first-order chi connectivity index (χ1) is 8.90. The zero-order valence-corrected chi connectivity index (χ0v) is 12.1. The molecular formula is C16H24N2. The molecule has 18 heavy (non-hydrogen) atoms.